The lowest BCUT2D eigenvalue weighted by atomic mass is 10.2. The van der Waals surface area contributed by atoms with E-state index in [9.17, 15) is 0 Å². The number of tetrazole rings is 1. The molecule has 13 heavy (non-hydrogen) atoms. The molecule has 0 fully saturated rings. The van der Waals surface area contributed by atoms with Crippen LogP contribution in [0.1, 0.15) is 5.56 Å². The smallest absolute Gasteiger partial charge is 0.138 e. The Hall–Kier alpha value is -0.980. The summed E-state index contributed by atoms with van der Waals surface area (Å²) in [6.07, 6.45) is 1.61. The fourth-order valence-corrected chi connectivity index (χ4v) is 1.68. The van der Waals surface area contributed by atoms with E-state index in [0.29, 0.717) is 0 Å². The fourth-order valence-electron chi connectivity index (χ4n) is 1.08. The maximum absolute atomic E-state index is 3.79. The molecule has 0 bridgehead atoms. The number of hydrogen-bond donors (Lipinski definition) is 0. The first-order valence-electron chi connectivity index (χ1n) is 3.80. The van der Waals surface area contributed by atoms with Crippen LogP contribution < -0.4 is 0 Å². The molecule has 66 valence electrons. The second-order valence-electron chi connectivity index (χ2n) is 2.64. The molecule has 5 heteroatoms. The Balaban J connectivity index is 2.19. The van der Waals surface area contributed by atoms with E-state index < -0.39 is 0 Å². The highest BCUT2D eigenvalue weighted by Crippen LogP contribution is 2.08. The zero-order chi connectivity index (χ0) is 9.10. The number of hydrogen-bond acceptors (Lipinski definition) is 3. The Bertz CT molecular complexity index is 385. The van der Waals surface area contributed by atoms with E-state index in [4.69, 9.17) is 0 Å². The molecule has 0 saturated carbocycles. The molecule has 4 nitrogen and oxygen atoms in total. The largest absolute Gasteiger partial charge is 0.228 e. The molecule has 0 aliphatic carbocycles. The van der Waals surface area contributed by atoms with Crippen LogP contribution in [0.4, 0.5) is 0 Å². The van der Waals surface area contributed by atoms with E-state index >= 15 is 0 Å². The van der Waals surface area contributed by atoms with Gasteiger partial charge in [0.15, 0.2) is 0 Å². The van der Waals surface area contributed by atoms with Gasteiger partial charge in [-0.1, -0.05) is 12.1 Å². The van der Waals surface area contributed by atoms with Gasteiger partial charge in [0.2, 0.25) is 0 Å². The third-order valence-electron chi connectivity index (χ3n) is 1.63. The Morgan fingerprint density at radius 3 is 3.00 bits per heavy atom. The summed E-state index contributed by atoms with van der Waals surface area (Å²) in [5, 5.41) is 10.9. The van der Waals surface area contributed by atoms with Crippen molar-refractivity contribution in [3.8, 4) is 0 Å². The van der Waals surface area contributed by atoms with Crippen molar-refractivity contribution in [2.45, 2.75) is 6.54 Å². The molecule has 0 aliphatic heterocycles. The fraction of sp³-hybridized carbons (Fsp3) is 0.125. The molecule has 1 aromatic carbocycles. The summed E-state index contributed by atoms with van der Waals surface area (Å²) in [5.74, 6) is 0. The summed E-state index contributed by atoms with van der Waals surface area (Å²) in [6, 6.07) is 8.26. The predicted molar refractivity (Wildman–Crippen MR) is 56.1 cm³/mol. The maximum atomic E-state index is 3.79. The lowest BCUT2D eigenvalue weighted by molar-refractivity contribution is 0.648. The molecular formula is C8H7IN4. The molecule has 0 atom stereocenters. The Morgan fingerprint density at radius 1 is 1.38 bits per heavy atom. The van der Waals surface area contributed by atoms with Gasteiger partial charge >= 0.3 is 0 Å². The van der Waals surface area contributed by atoms with Crippen LogP contribution in [-0.2, 0) is 6.54 Å². The molecule has 0 N–H and O–H groups in total. The minimum atomic E-state index is 0.726. The van der Waals surface area contributed by atoms with Gasteiger partial charge in [-0.05, 0) is 50.7 Å². The van der Waals surface area contributed by atoms with Crippen molar-refractivity contribution in [3.63, 3.8) is 0 Å². The molecule has 1 heterocycles. The van der Waals surface area contributed by atoms with Gasteiger partial charge in [0.05, 0.1) is 6.54 Å². The Morgan fingerprint density at radius 2 is 2.31 bits per heavy atom. The number of halogens is 1. The van der Waals surface area contributed by atoms with E-state index in [1.165, 1.54) is 9.13 Å². The quantitative estimate of drug-likeness (QED) is 0.782. The summed E-state index contributed by atoms with van der Waals surface area (Å²) in [7, 11) is 0. The normalized spacial score (nSPS) is 10.2. The van der Waals surface area contributed by atoms with Crippen LogP contribution in [0.25, 0.3) is 0 Å². The first-order chi connectivity index (χ1) is 6.34. The van der Waals surface area contributed by atoms with Crippen LogP contribution >= 0.6 is 22.6 Å². The van der Waals surface area contributed by atoms with Gasteiger partial charge in [0.25, 0.3) is 0 Å². The van der Waals surface area contributed by atoms with Gasteiger partial charge in [0.1, 0.15) is 6.33 Å². The van der Waals surface area contributed by atoms with Crippen LogP contribution in [-0.4, -0.2) is 20.2 Å². The molecule has 1 aromatic heterocycles. The molecular weight excluding hydrogens is 279 g/mol. The predicted octanol–water partition coefficient (Wildman–Crippen LogP) is 1.33. The zero-order valence-electron chi connectivity index (χ0n) is 6.76. The van der Waals surface area contributed by atoms with Crippen molar-refractivity contribution in [3.05, 3.63) is 39.7 Å². The van der Waals surface area contributed by atoms with Gasteiger partial charge in [-0.25, -0.2) is 4.68 Å². The van der Waals surface area contributed by atoms with E-state index in [1.54, 1.807) is 11.0 Å². The number of aromatic nitrogens is 4. The summed E-state index contributed by atoms with van der Waals surface area (Å²) < 4.78 is 2.92. The highest BCUT2D eigenvalue weighted by Gasteiger charge is 1.96. The maximum Gasteiger partial charge on any atom is 0.138 e. The summed E-state index contributed by atoms with van der Waals surface area (Å²) in [5.41, 5.74) is 1.21. The molecule has 0 amide bonds. The topological polar surface area (TPSA) is 43.6 Å². The standard InChI is InChI=1S/C8H7IN4/c9-8-3-1-2-7(4-8)5-13-6-10-11-12-13/h1-4,6H,5H2. The zero-order valence-corrected chi connectivity index (χ0v) is 8.92. The Kier molecular flexibility index (Phi) is 2.53. The molecule has 2 aromatic rings. The molecule has 0 saturated heterocycles. The van der Waals surface area contributed by atoms with Crippen molar-refractivity contribution in [2.24, 2.45) is 0 Å². The van der Waals surface area contributed by atoms with E-state index in [2.05, 4.69) is 56.3 Å². The first kappa shape index (κ1) is 8.61. The average Bonchev–Trinajstić information content (AvgIpc) is 2.57. The van der Waals surface area contributed by atoms with E-state index in [-0.39, 0.29) is 0 Å². The SMILES string of the molecule is Ic1cccc(Cn2cnnn2)c1. The van der Waals surface area contributed by atoms with Crippen LogP contribution in [0.15, 0.2) is 30.6 Å². The highest BCUT2D eigenvalue weighted by atomic mass is 127. The Labute approximate surface area is 89.1 Å². The summed E-state index contributed by atoms with van der Waals surface area (Å²) >= 11 is 2.29. The van der Waals surface area contributed by atoms with Crippen LogP contribution in [0.5, 0.6) is 0 Å². The first-order valence-corrected chi connectivity index (χ1v) is 4.88. The number of benzene rings is 1. The third kappa shape index (κ3) is 2.24. The van der Waals surface area contributed by atoms with Gasteiger partial charge < -0.3 is 0 Å². The monoisotopic (exact) mass is 286 g/mol. The van der Waals surface area contributed by atoms with Gasteiger partial charge in [-0.2, -0.15) is 0 Å². The molecule has 0 unspecified atom stereocenters. The van der Waals surface area contributed by atoms with Crippen molar-refractivity contribution in [1.29, 1.82) is 0 Å². The van der Waals surface area contributed by atoms with Crippen LogP contribution in [0.3, 0.4) is 0 Å². The van der Waals surface area contributed by atoms with Crippen molar-refractivity contribution >= 4 is 22.6 Å². The van der Waals surface area contributed by atoms with Crippen LogP contribution in [0, 0.1) is 3.57 Å². The summed E-state index contributed by atoms with van der Waals surface area (Å²) in [4.78, 5) is 0. The summed E-state index contributed by atoms with van der Waals surface area (Å²) in [6.45, 7) is 0.726. The van der Waals surface area contributed by atoms with Crippen molar-refractivity contribution < 1.29 is 0 Å². The number of nitrogens with zero attached hydrogens (tertiary/aromatic N) is 4. The minimum Gasteiger partial charge on any atom is -0.228 e. The van der Waals surface area contributed by atoms with Crippen LogP contribution in [0.2, 0.25) is 0 Å². The van der Waals surface area contributed by atoms with Gasteiger partial charge in [-0.15, -0.1) is 5.10 Å². The van der Waals surface area contributed by atoms with E-state index in [1.807, 2.05) is 6.07 Å². The van der Waals surface area contributed by atoms with Crippen molar-refractivity contribution in [2.75, 3.05) is 0 Å². The molecule has 0 aliphatic rings. The van der Waals surface area contributed by atoms with E-state index in [0.717, 1.165) is 6.54 Å². The third-order valence-corrected chi connectivity index (χ3v) is 2.30. The molecule has 0 radical (unpaired) electrons. The van der Waals surface area contributed by atoms with Crippen molar-refractivity contribution in [1.82, 2.24) is 20.2 Å². The minimum absolute atomic E-state index is 0.726. The lowest BCUT2D eigenvalue weighted by Crippen LogP contribution is -2.00. The molecule has 2 rings (SSSR count). The second-order valence-corrected chi connectivity index (χ2v) is 3.88. The van der Waals surface area contributed by atoms with Gasteiger partial charge in [0, 0.05) is 3.57 Å². The second kappa shape index (κ2) is 3.82. The average molecular weight is 286 g/mol. The van der Waals surface area contributed by atoms with Gasteiger partial charge in [-0.3, -0.25) is 0 Å². The highest BCUT2D eigenvalue weighted by molar-refractivity contribution is 14.1. The lowest BCUT2D eigenvalue weighted by Gasteiger charge is -1.99. The number of rotatable bonds is 2. The molecule has 0 spiro atoms.